The number of ether oxygens (including phenoxy) is 2. The normalized spacial score (nSPS) is 13.4. The van der Waals surface area contributed by atoms with Crippen molar-refractivity contribution in [3.05, 3.63) is 94.5 Å². The van der Waals surface area contributed by atoms with Gasteiger partial charge < -0.3 is 14.4 Å². The van der Waals surface area contributed by atoms with Crippen LogP contribution in [0.1, 0.15) is 32.6 Å². The summed E-state index contributed by atoms with van der Waals surface area (Å²) in [7, 11) is 3.35. The summed E-state index contributed by atoms with van der Waals surface area (Å²) < 4.78 is 49.5. The Bertz CT molecular complexity index is 1150. The Hall–Kier alpha value is -3.52. The van der Waals surface area contributed by atoms with Gasteiger partial charge in [0, 0.05) is 39.3 Å². The summed E-state index contributed by atoms with van der Waals surface area (Å²) in [5, 5.41) is 0. The average molecular weight is 485 g/mol. The molecule has 0 bridgehead atoms. The first kappa shape index (κ1) is 24.6. The zero-order chi connectivity index (χ0) is 25.0. The lowest BCUT2D eigenvalue weighted by atomic mass is 10.1. The number of hydrogen-bond acceptors (Lipinski definition) is 4. The van der Waals surface area contributed by atoms with Gasteiger partial charge in [-0.05, 0) is 46.5 Å². The Kier molecular flexibility index (Phi) is 7.31. The lowest BCUT2D eigenvalue weighted by Crippen LogP contribution is -2.21. The maximum atomic E-state index is 12.9. The molecule has 35 heavy (non-hydrogen) atoms. The first-order valence-electron chi connectivity index (χ1n) is 11.2. The van der Waals surface area contributed by atoms with E-state index in [2.05, 4.69) is 17.0 Å². The molecule has 0 saturated heterocycles. The van der Waals surface area contributed by atoms with Crippen molar-refractivity contribution in [3.8, 4) is 11.5 Å². The van der Waals surface area contributed by atoms with Crippen molar-refractivity contribution < 1.29 is 27.4 Å². The fourth-order valence-corrected chi connectivity index (χ4v) is 3.98. The lowest BCUT2D eigenvalue weighted by molar-refractivity contribution is -0.153. The predicted octanol–water partition coefficient (Wildman–Crippen LogP) is 5.42. The van der Waals surface area contributed by atoms with Crippen molar-refractivity contribution in [3.63, 3.8) is 0 Å². The van der Waals surface area contributed by atoms with Crippen LogP contribution in [0.25, 0.3) is 0 Å². The summed E-state index contributed by atoms with van der Waals surface area (Å²) in [6, 6.07) is 20.2. The molecule has 0 atom stereocenters. The number of amides is 1. The Morgan fingerprint density at radius 3 is 2.11 bits per heavy atom. The van der Waals surface area contributed by atoms with Gasteiger partial charge in [0.25, 0.3) is 5.91 Å². The molecule has 3 aromatic rings. The number of carbonyl (C=O) groups is 1. The van der Waals surface area contributed by atoms with E-state index in [0.29, 0.717) is 12.1 Å². The van der Waals surface area contributed by atoms with E-state index in [1.54, 1.807) is 50.5 Å². The molecule has 0 radical (unpaired) electrons. The van der Waals surface area contributed by atoms with Gasteiger partial charge in [0.1, 0.15) is 6.61 Å². The predicted molar refractivity (Wildman–Crippen MR) is 126 cm³/mol. The third-order valence-electron chi connectivity index (χ3n) is 5.71. The molecule has 0 aromatic heterocycles. The number of halogens is 3. The molecule has 0 spiro atoms. The highest BCUT2D eigenvalue weighted by Crippen LogP contribution is 2.32. The maximum absolute atomic E-state index is 12.9. The Labute approximate surface area is 202 Å². The van der Waals surface area contributed by atoms with Crippen LogP contribution in [0.4, 0.5) is 13.2 Å². The zero-order valence-electron chi connectivity index (χ0n) is 19.6. The summed E-state index contributed by atoms with van der Waals surface area (Å²) in [5.41, 5.74) is 4.69. The first-order valence-corrected chi connectivity index (χ1v) is 11.2. The molecule has 0 aliphatic carbocycles. The van der Waals surface area contributed by atoms with Crippen molar-refractivity contribution in [2.45, 2.75) is 32.4 Å². The van der Waals surface area contributed by atoms with E-state index < -0.39 is 12.8 Å². The number of rotatable bonds is 8. The monoisotopic (exact) mass is 484 g/mol. The molecule has 8 heteroatoms. The van der Waals surface area contributed by atoms with Crippen molar-refractivity contribution in [2.24, 2.45) is 0 Å². The smallest absolute Gasteiger partial charge is 0.422 e. The number of nitrogens with zero attached hydrogens (tertiary/aromatic N) is 2. The Balaban J connectivity index is 1.45. The second-order valence-corrected chi connectivity index (χ2v) is 8.78. The second kappa shape index (κ2) is 10.4. The molecule has 0 N–H and O–H groups in total. The largest absolute Gasteiger partial charge is 0.485 e. The van der Waals surface area contributed by atoms with Gasteiger partial charge in [-0.1, -0.05) is 42.5 Å². The molecule has 184 valence electrons. The summed E-state index contributed by atoms with van der Waals surface area (Å²) >= 11 is 0. The van der Waals surface area contributed by atoms with Gasteiger partial charge >= 0.3 is 6.18 Å². The molecule has 1 heterocycles. The number of carbonyl (C=O) groups excluding carboxylic acids is 1. The molecule has 1 aliphatic rings. The van der Waals surface area contributed by atoms with Gasteiger partial charge in [0.05, 0.1) is 0 Å². The van der Waals surface area contributed by atoms with Crippen LogP contribution in [0.3, 0.4) is 0 Å². The molecule has 5 nitrogen and oxygen atoms in total. The van der Waals surface area contributed by atoms with Crippen LogP contribution in [0.15, 0.2) is 66.7 Å². The van der Waals surface area contributed by atoms with Crippen LogP contribution < -0.4 is 9.47 Å². The highest BCUT2D eigenvalue weighted by Gasteiger charge is 2.29. The first-order chi connectivity index (χ1) is 16.7. The van der Waals surface area contributed by atoms with Gasteiger partial charge in [0.2, 0.25) is 0 Å². The highest BCUT2D eigenvalue weighted by atomic mass is 19.4. The van der Waals surface area contributed by atoms with E-state index in [-0.39, 0.29) is 24.0 Å². The Morgan fingerprint density at radius 2 is 1.51 bits per heavy atom. The molecule has 0 saturated carbocycles. The van der Waals surface area contributed by atoms with E-state index in [4.69, 9.17) is 9.47 Å². The van der Waals surface area contributed by atoms with Gasteiger partial charge in [-0.25, -0.2) is 0 Å². The van der Waals surface area contributed by atoms with Crippen molar-refractivity contribution in [2.75, 3.05) is 20.7 Å². The van der Waals surface area contributed by atoms with Crippen molar-refractivity contribution in [1.29, 1.82) is 0 Å². The van der Waals surface area contributed by atoms with Crippen LogP contribution >= 0.6 is 0 Å². The number of benzene rings is 3. The topological polar surface area (TPSA) is 42.0 Å². The van der Waals surface area contributed by atoms with E-state index >= 15 is 0 Å². The van der Waals surface area contributed by atoms with E-state index in [0.717, 1.165) is 24.2 Å². The third-order valence-corrected chi connectivity index (χ3v) is 5.71. The molecular formula is C27H27F3N2O3. The van der Waals surface area contributed by atoms with Crippen LogP contribution in [-0.2, 0) is 26.2 Å². The molecule has 3 aromatic carbocycles. The maximum Gasteiger partial charge on any atom is 0.422 e. The van der Waals surface area contributed by atoms with Gasteiger partial charge in [0.15, 0.2) is 18.1 Å². The minimum Gasteiger partial charge on any atom is -0.485 e. The highest BCUT2D eigenvalue weighted by molar-refractivity contribution is 5.93. The summed E-state index contributed by atoms with van der Waals surface area (Å²) in [4.78, 5) is 15.7. The van der Waals surface area contributed by atoms with Crippen molar-refractivity contribution >= 4 is 5.91 Å². The second-order valence-electron chi connectivity index (χ2n) is 8.78. The standard InChI is InChI=1S/C27H27F3N2O3/c1-31(2)26(33)21-10-7-19(8-11-21)17-34-24-12-9-20(13-25(24)35-18-27(28,29)30)14-32-15-22-5-3-4-6-23(22)16-32/h3-13H,14-18H2,1-2H3. The minimum absolute atomic E-state index is 0.0518. The van der Waals surface area contributed by atoms with Crippen LogP contribution in [0, 0.1) is 0 Å². The molecule has 1 aliphatic heterocycles. The number of fused-ring (bicyclic) bond motifs is 1. The number of alkyl halides is 3. The van der Waals surface area contributed by atoms with Crippen LogP contribution in [0.5, 0.6) is 11.5 Å². The fraction of sp³-hybridized carbons (Fsp3) is 0.296. The summed E-state index contributed by atoms with van der Waals surface area (Å²) in [6.45, 7) is 0.889. The number of hydrogen-bond donors (Lipinski definition) is 0. The fourth-order valence-electron chi connectivity index (χ4n) is 3.98. The molecule has 0 unspecified atom stereocenters. The summed E-state index contributed by atoms with van der Waals surface area (Å²) in [6.07, 6.45) is -4.46. The molecule has 4 rings (SSSR count). The molecular weight excluding hydrogens is 457 g/mol. The summed E-state index contributed by atoms with van der Waals surface area (Å²) in [5.74, 6) is 0.170. The lowest BCUT2D eigenvalue weighted by Gasteiger charge is -2.18. The van der Waals surface area contributed by atoms with Crippen molar-refractivity contribution in [1.82, 2.24) is 9.80 Å². The average Bonchev–Trinajstić information content (AvgIpc) is 3.23. The van der Waals surface area contributed by atoms with Gasteiger partial charge in [-0.3, -0.25) is 9.69 Å². The van der Waals surface area contributed by atoms with E-state index in [1.165, 1.54) is 16.0 Å². The molecule has 1 amide bonds. The Morgan fingerprint density at radius 1 is 0.886 bits per heavy atom. The zero-order valence-corrected chi connectivity index (χ0v) is 19.6. The van der Waals surface area contributed by atoms with E-state index in [1.807, 2.05) is 18.2 Å². The quantitative estimate of drug-likeness (QED) is 0.428. The SMILES string of the molecule is CN(C)C(=O)c1ccc(COc2ccc(CN3Cc4ccccc4C3)cc2OCC(F)(F)F)cc1. The third kappa shape index (κ3) is 6.54. The van der Waals surface area contributed by atoms with E-state index in [9.17, 15) is 18.0 Å². The van der Waals surface area contributed by atoms with Crippen LogP contribution in [-0.4, -0.2) is 42.6 Å². The van der Waals surface area contributed by atoms with Crippen LogP contribution in [0.2, 0.25) is 0 Å². The van der Waals surface area contributed by atoms with Gasteiger partial charge in [-0.2, -0.15) is 13.2 Å². The van der Waals surface area contributed by atoms with Gasteiger partial charge in [-0.15, -0.1) is 0 Å². The molecule has 0 fully saturated rings. The minimum atomic E-state index is -4.46.